The lowest BCUT2D eigenvalue weighted by Crippen LogP contribution is -2.29. The lowest BCUT2D eigenvalue weighted by Gasteiger charge is -2.28. The molecule has 2 aromatic carbocycles. The van der Waals surface area contributed by atoms with E-state index in [9.17, 15) is 9.59 Å². The zero-order chi connectivity index (χ0) is 19.3. The molecule has 0 unspecified atom stereocenters. The Morgan fingerprint density at radius 1 is 1.04 bits per heavy atom. The number of carbonyl (C=O) groups is 2. The van der Waals surface area contributed by atoms with Gasteiger partial charge in [-0.25, -0.2) is 4.79 Å². The van der Waals surface area contributed by atoms with Crippen LogP contribution in [0, 0.1) is 0 Å². The predicted octanol–water partition coefficient (Wildman–Crippen LogP) is 3.35. The highest BCUT2D eigenvalue weighted by molar-refractivity contribution is 6.03. The number of para-hydroxylation sites is 1. The van der Waals surface area contributed by atoms with Gasteiger partial charge in [-0.3, -0.25) is 9.89 Å². The van der Waals surface area contributed by atoms with Crippen LogP contribution in [0.15, 0.2) is 48.5 Å². The molecule has 7 heteroatoms. The van der Waals surface area contributed by atoms with E-state index >= 15 is 0 Å². The third-order valence-electron chi connectivity index (χ3n) is 4.87. The van der Waals surface area contributed by atoms with Gasteiger partial charge in [0, 0.05) is 29.9 Å². The smallest absolute Gasteiger partial charge is 0.359 e. The van der Waals surface area contributed by atoms with Crippen molar-refractivity contribution in [3.05, 3.63) is 54.2 Å². The molecule has 0 spiro atoms. The summed E-state index contributed by atoms with van der Waals surface area (Å²) in [4.78, 5) is 26.7. The van der Waals surface area contributed by atoms with Crippen LogP contribution in [0.2, 0.25) is 0 Å². The third-order valence-corrected chi connectivity index (χ3v) is 4.87. The van der Waals surface area contributed by atoms with Crippen molar-refractivity contribution in [1.29, 1.82) is 0 Å². The number of nitrogens with one attached hydrogen (secondary N) is 2. The molecule has 0 atom stereocenters. The van der Waals surface area contributed by atoms with Crippen molar-refractivity contribution in [3.63, 3.8) is 0 Å². The minimum Gasteiger partial charge on any atom is -0.451 e. The molecule has 0 radical (unpaired) electrons. The highest BCUT2D eigenvalue weighted by Gasteiger charge is 2.17. The number of anilines is 2. The quantitative estimate of drug-likeness (QED) is 0.665. The summed E-state index contributed by atoms with van der Waals surface area (Å²) in [6, 6.07) is 15.0. The Balaban J connectivity index is 1.31. The van der Waals surface area contributed by atoms with Crippen molar-refractivity contribution >= 4 is 34.2 Å². The highest BCUT2D eigenvalue weighted by Crippen LogP contribution is 2.22. The van der Waals surface area contributed by atoms with E-state index in [1.54, 1.807) is 6.07 Å². The number of benzene rings is 2. The minimum absolute atomic E-state index is 0.175. The van der Waals surface area contributed by atoms with Crippen molar-refractivity contribution in [2.24, 2.45) is 0 Å². The summed E-state index contributed by atoms with van der Waals surface area (Å²) in [5.41, 5.74) is 2.75. The molecule has 28 heavy (non-hydrogen) atoms. The third kappa shape index (κ3) is 3.98. The van der Waals surface area contributed by atoms with Crippen LogP contribution in [0.1, 0.15) is 29.8 Å². The Bertz CT molecular complexity index is 975. The number of rotatable bonds is 5. The number of fused-ring (bicyclic) bond motifs is 1. The molecule has 0 aliphatic carbocycles. The first-order chi connectivity index (χ1) is 13.7. The fraction of sp³-hybridized carbons (Fsp3) is 0.286. The van der Waals surface area contributed by atoms with Gasteiger partial charge in [0.25, 0.3) is 5.91 Å². The Morgan fingerprint density at radius 3 is 2.57 bits per heavy atom. The van der Waals surface area contributed by atoms with E-state index in [-0.39, 0.29) is 18.2 Å². The summed E-state index contributed by atoms with van der Waals surface area (Å²) < 4.78 is 5.11. The van der Waals surface area contributed by atoms with Crippen LogP contribution >= 0.6 is 0 Å². The normalized spacial score (nSPS) is 14.1. The number of amides is 1. The van der Waals surface area contributed by atoms with Crippen molar-refractivity contribution < 1.29 is 14.3 Å². The Hall–Kier alpha value is -3.35. The molecule has 7 nitrogen and oxygen atoms in total. The van der Waals surface area contributed by atoms with Gasteiger partial charge in [-0.15, -0.1) is 0 Å². The molecule has 1 fully saturated rings. The van der Waals surface area contributed by atoms with E-state index < -0.39 is 5.97 Å². The molecular weight excluding hydrogens is 356 g/mol. The Labute approximate surface area is 162 Å². The van der Waals surface area contributed by atoms with Crippen molar-refractivity contribution in [2.75, 3.05) is 29.9 Å². The number of carbonyl (C=O) groups excluding carboxylic acids is 2. The number of nitrogens with zero attached hydrogens (tertiary/aromatic N) is 2. The predicted molar refractivity (Wildman–Crippen MR) is 108 cm³/mol. The Kier molecular flexibility index (Phi) is 5.23. The fourth-order valence-electron chi connectivity index (χ4n) is 3.42. The van der Waals surface area contributed by atoms with Crippen molar-refractivity contribution in [1.82, 2.24) is 10.2 Å². The molecule has 4 rings (SSSR count). The number of esters is 1. The summed E-state index contributed by atoms with van der Waals surface area (Å²) in [5, 5.41) is 10.2. The highest BCUT2D eigenvalue weighted by atomic mass is 16.5. The van der Waals surface area contributed by atoms with E-state index in [0.29, 0.717) is 11.1 Å². The lowest BCUT2D eigenvalue weighted by atomic mass is 10.1. The lowest BCUT2D eigenvalue weighted by molar-refractivity contribution is -0.119. The topological polar surface area (TPSA) is 87.3 Å². The first-order valence-electron chi connectivity index (χ1n) is 9.46. The van der Waals surface area contributed by atoms with Crippen LogP contribution in [0.3, 0.4) is 0 Å². The van der Waals surface area contributed by atoms with Crippen LogP contribution < -0.4 is 10.2 Å². The average molecular weight is 378 g/mol. The number of H-pyrrole nitrogens is 1. The van der Waals surface area contributed by atoms with E-state index in [0.717, 1.165) is 24.3 Å². The molecule has 1 amide bonds. The maximum absolute atomic E-state index is 12.2. The van der Waals surface area contributed by atoms with Crippen LogP contribution in [0.4, 0.5) is 11.4 Å². The fourth-order valence-corrected chi connectivity index (χ4v) is 3.42. The Morgan fingerprint density at radius 2 is 1.79 bits per heavy atom. The molecule has 2 N–H and O–H groups in total. The van der Waals surface area contributed by atoms with Gasteiger partial charge >= 0.3 is 5.97 Å². The zero-order valence-corrected chi connectivity index (χ0v) is 15.5. The first-order valence-corrected chi connectivity index (χ1v) is 9.46. The summed E-state index contributed by atoms with van der Waals surface area (Å²) in [6.45, 7) is 1.78. The van der Waals surface area contributed by atoms with Gasteiger partial charge in [0.2, 0.25) is 0 Å². The van der Waals surface area contributed by atoms with Gasteiger partial charge in [0.15, 0.2) is 12.3 Å². The van der Waals surface area contributed by atoms with Crippen LogP contribution in [-0.2, 0) is 9.53 Å². The summed E-state index contributed by atoms with van der Waals surface area (Å²) in [6.07, 6.45) is 3.72. The summed E-state index contributed by atoms with van der Waals surface area (Å²) in [5.74, 6) is -1.02. The van der Waals surface area contributed by atoms with E-state index in [1.807, 2.05) is 42.5 Å². The summed E-state index contributed by atoms with van der Waals surface area (Å²) >= 11 is 0. The number of piperidine rings is 1. The summed E-state index contributed by atoms with van der Waals surface area (Å²) in [7, 11) is 0. The first kappa shape index (κ1) is 18.0. The van der Waals surface area contributed by atoms with Crippen molar-refractivity contribution in [2.45, 2.75) is 19.3 Å². The van der Waals surface area contributed by atoms with Gasteiger partial charge < -0.3 is 15.0 Å². The molecule has 2 heterocycles. The second kappa shape index (κ2) is 8.12. The molecule has 1 aliphatic heterocycles. The van der Waals surface area contributed by atoms with E-state index in [2.05, 4.69) is 20.4 Å². The van der Waals surface area contributed by atoms with E-state index in [4.69, 9.17) is 4.74 Å². The SMILES string of the molecule is O=C(COC(=O)c1n[nH]c2ccccc12)Nc1ccc(N2CCCCC2)cc1. The molecule has 0 bridgehead atoms. The second-order valence-electron chi connectivity index (χ2n) is 6.84. The standard InChI is InChI=1S/C21H22N4O3/c26-19(14-28-21(27)20-17-6-2-3-7-18(17)23-24-20)22-15-8-10-16(11-9-15)25-12-4-1-5-13-25/h2-3,6-11H,1,4-5,12-14H2,(H,22,26)(H,23,24). The van der Waals surface area contributed by atoms with E-state index in [1.165, 1.54) is 19.3 Å². The maximum atomic E-state index is 12.2. The number of hydrogen-bond acceptors (Lipinski definition) is 5. The van der Waals surface area contributed by atoms with Gasteiger partial charge in [-0.1, -0.05) is 18.2 Å². The average Bonchev–Trinajstić information content (AvgIpc) is 3.17. The molecule has 1 saturated heterocycles. The van der Waals surface area contributed by atoms with Crippen molar-refractivity contribution in [3.8, 4) is 0 Å². The molecule has 1 aromatic heterocycles. The molecule has 0 saturated carbocycles. The van der Waals surface area contributed by atoms with Crippen LogP contribution in [0.25, 0.3) is 10.9 Å². The van der Waals surface area contributed by atoms with Gasteiger partial charge in [-0.05, 0) is 49.6 Å². The largest absolute Gasteiger partial charge is 0.451 e. The van der Waals surface area contributed by atoms with Crippen LogP contribution in [-0.4, -0.2) is 41.8 Å². The van der Waals surface area contributed by atoms with Gasteiger partial charge in [0.05, 0.1) is 5.52 Å². The molecule has 3 aromatic rings. The monoisotopic (exact) mass is 378 g/mol. The second-order valence-corrected chi connectivity index (χ2v) is 6.84. The zero-order valence-electron chi connectivity index (χ0n) is 15.5. The maximum Gasteiger partial charge on any atom is 0.359 e. The number of hydrogen-bond donors (Lipinski definition) is 2. The number of aromatic amines is 1. The number of aromatic nitrogens is 2. The molecule has 144 valence electrons. The minimum atomic E-state index is -0.631. The molecular formula is C21H22N4O3. The van der Waals surface area contributed by atoms with Gasteiger partial charge in [-0.2, -0.15) is 5.10 Å². The number of ether oxygens (including phenoxy) is 1. The molecule has 1 aliphatic rings. The van der Waals surface area contributed by atoms with Gasteiger partial charge in [0.1, 0.15) is 0 Å². The van der Waals surface area contributed by atoms with Crippen LogP contribution in [0.5, 0.6) is 0 Å².